The van der Waals surface area contributed by atoms with Gasteiger partial charge in [-0.25, -0.2) is 4.79 Å². The number of amides is 2. The van der Waals surface area contributed by atoms with Crippen molar-refractivity contribution in [3.8, 4) is 17.6 Å². The molecule has 1 aliphatic heterocycles. The van der Waals surface area contributed by atoms with Gasteiger partial charge in [-0.15, -0.1) is 0 Å². The van der Waals surface area contributed by atoms with Gasteiger partial charge in [0, 0.05) is 50.2 Å². The number of alkyl halides is 3. The number of carbonyl (C=O) groups is 1. The van der Waals surface area contributed by atoms with Crippen molar-refractivity contribution < 1.29 is 37.3 Å². The van der Waals surface area contributed by atoms with Crippen molar-refractivity contribution in [3.63, 3.8) is 0 Å². The predicted molar refractivity (Wildman–Crippen MR) is 149 cm³/mol. The van der Waals surface area contributed by atoms with E-state index in [-0.39, 0.29) is 11.3 Å². The summed E-state index contributed by atoms with van der Waals surface area (Å²) in [6, 6.07) is 7.80. The van der Waals surface area contributed by atoms with Gasteiger partial charge >= 0.3 is 12.2 Å². The Hall–Kier alpha value is -3.30. The molecule has 5 N–H and O–H groups in total. The molecular weight excluding hydrogens is 539 g/mol. The summed E-state index contributed by atoms with van der Waals surface area (Å²) in [4.78, 5) is 11.0. The topological polar surface area (TPSA) is 115 Å². The molecule has 0 bridgehead atoms. The first-order chi connectivity index (χ1) is 19.4. The van der Waals surface area contributed by atoms with E-state index < -0.39 is 29.7 Å². The second-order valence-corrected chi connectivity index (χ2v) is 10.2. The number of fused-ring (bicyclic) bond motifs is 1. The van der Waals surface area contributed by atoms with Gasteiger partial charge < -0.3 is 35.7 Å². The lowest BCUT2D eigenvalue weighted by Gasteiger charge is -2.33. The first-order valence-corrected chi connectivity index (χ1v) is 13.6. The number of nitrogens with one attached hydrogen (secondary N) is 2. The van der Waals surface area contributed by atoms with Crippen molar-refractivity contribution in [1.82, 2.24) is 5.32 Å². The smallest absolute Gasteiger partial charge is 0.416 e. The second kappa shape index (κ2) is 15.1. The summed E-state index contributed by atoms with van der Waals surface area (Å²) in [6.45, 7) is 6.39. The summed E-state index contributed by atoms with van der Waals surface area (Å²) in [5, 5.41) is 15.9. The quantitative estimate of drug-likeness (QED) is 0.185. The van der Waals surface area contributed by atoms with Crippen molar-refractivity contribution in [2.75, 3.05) is 31.6 Å². The lowest BCUT2D eigenvalue weighted by atomic mass is 10.0. The summed E-state index contributed by atoms with van der Waals surface area (Å²) in [5.41, 5.74) is 5.90. The van der Waals surface area contributed by atoms with E-state index in [4.69, 9.17) is 19.9 Å². The predicted octanol–water partition coefficient (Wildman–Crippen LogP) is 5.48. The van der Waals surface area contributed by atoms with E-state index in [1.165, 1.54) is 6.07 Å². The Morgan fingerprint density at radius 3 is 2.68 bits per heavy atom. The number of carbonyl (C=O) groups excluding carboxylic acids is 1. The van der Waals surface area contributed by atoms with Gasteiger partial charge in [0.05, 0.1) is 24.9 Å². The lowest BCUT2D eigenvalue weighted by Crippen LogP contribution is -2.35. The zero-order chi connectivity index (χ0) is 29.9. The van der Waals surface area contributed by atoms with Crippen LogP contribution in [0.4, 0.5) is 23.7 Å². The first-order valence-electron chi connectivity index (χ1n) is 13.6. The Bertz CT molecular complexity index is 1220. The highest BCUT2D eigenvalue weighted by Crippen LogP contribution is 2.33. The van der Waals surface area contributed by atoms with Crippen molar-refractivity contribution in [1.29, 1.82) is 0 Å². The van der Waals surface area contributed by atoms with E-state index in [1.807, 2.05) is 32.0 Å². The molecule has 0 unspecified atom stereocenters. The largest absolute Gasteiger partial charge is 0.463 e. The van der Waals surface area contributed by atoms with Crippen LogP contribution in [-0.4, -0.2) is 43.2 Å². The van der Waals surface area contributed by atoms with E-state index in [9.17, 15) is 23.1 Å². The van der Waals surface area contributed by atoms with Gasteiger partial charge in [-0.1, -0.05) is 30.7 Å². The number of urea groups is 1. The molecule has 3 rings (SSSR count). The number of hydrogen-bond donors (Lipinski definition) is 4. The number of benzene rings is 2. The van der Waals surface area contributed by atoms with Crippen LogP contribution in [-0.2, 0) is 22.3 Å². The number of hydrogen-bond acceptors (Lipinski definition) is 6. The molecule has 0 saturated heterocycles. The number of unbranched alkanes of at least 4 members (excludes halogenated alkanes) is 3. The highest BCUT2D eigenvalue weighted by Gasteiger charge is 2.31. The number of nitrogens with two attached hydrogens (primary N) is 1. The molecule has 224 valence electrons. The van der Waals surface area contributed by atoms with E-state index in [0.717, 1.165) is 61.2 Å². The molecule has 0 spiro atoms. The van der Waals surface area contributed by atoms with Gasteiger partial charge in [-0.2, -0.15) is 13.2 Å². The average molecular weight is 578 g/mol. The maximum atomic E-state index is 13.1. The Kier molecular flexibility index (Phi) is 11.8. The van der Waals surface area contributed by atoms with E-state index >= 15 is 0 Å². The zero-order valence-corrected chi connectivity index (χ0v) is 23.4. The number of rotatable bonds is 13. The van der Waals surface area contributed by atoms with E-state index in [2.05, 4.69) is 22.5 Å². The normalized spacial score (nSPS) is 14.8. The fraction of sp³-hybridized carbons (Fsp3) is 0.500. The SMILES string of the molecule is CC1(C)OCc2cc([C@@H](O)CNCCCCCCOCCC#Cc3cc(NC(N)=O)cc(C(F)(F)F)c3)ccc2O1. The van der Waals surface area contributed by atoms with Crippen LogP contribution in [0.15, 0.2) is 36.4 Å². The fourth-order valence-electron chi connectivity index (χ4n) is 4.20. The molecule has 11 heteroatoms. The monoisotopic (exact) mass is 577 g/mol. The third kappa shape index (κ3) is 11.2. The van der Waals surface area contributed by atoms with Crippen LogP contribution in [0.2, 0.25) is 0 Å². The molecule has 0 saturated carbocycles. The zero-order valence-electron chi connectivity index (χ0n) is 23.4. The minimum atomic E-state index is -4.57. The summed E-state index contributed by atoms with van der Waals surface area (Å²) in [6.07, 6.45) is -0.940. The van der Waals surface area contributed by atoms with Gasteiger partial charge in [0.25, 0.3) is 0 Å². The Balaban J connectivity index is 1.24. The van der Waals surface area contributed by atoms with Crippen LogP contribution in [0.3, 0.4) is 0 Å². The van der Waals surface area contributed by atoms with Crippen LogP contribution in [0.5, 0.6) is 5.75 Å². The Labute approximate surface area is 238 Å². The number of aliphatic hydroxyl groups is 1. The van der Waals surface area contributed by atoms with Crippen LogP contribution >= 0.6 is 0 Å². The molecule has 8 nitrogen and oxygen atoms in total. The Morgan fingerprint density at radius 1 is 1.15 bits per heavy atom. The molecule has 0 radical (unpaired) electrons. The maximum absolute atomic E-state index is 13.1. The van der Waals surface area contributed by atoms with Crippen molar-refractivity contribution in [2.24, 2.45) is 5.73 Å². The maximum Gasteiger partial charge on any atom is 0.416 e. The van der Waals surface area contributed by atoms with Crippen molar-refractivity contribution in [3.05, 3.63) is 58.7 Å². The molecule has 1 heterocycles. The first kappa shape index (κ1) is 32.2. The highest BCUT2D eigenvalue weighted by atomic mass is 19.4. The molecule has 0 fully saturated rings. The van der Waals surface area contributed by atoms with Crippen molar-refractivity contribution in [2.45, 2.75) is 70.6 Å². The molecule has 0 aliphatic carbocycles. The number of halogens is 3. The molecule has 1 atom stereocenters. The molecule has 2 aromatic carbocycles. The van der Waals surface area contributed by atoms with Gasteiger partial charge in [0.2, 0.25) is 5.79 Å². The van der Waals surface area contributed by atoms with Crippen molar-refractivity contribution >= 4 is 11.7 Å². The van der Waals surface area contributed by atoms with E-state index in [1.54, 1.807) is 0 Å². The third-order valence-corrected chi connectivity index (χ3v) is 6.26. The molecule has 1 aliphatic rings. The number of primary amides is 1. The number of anilines is 1. The molecule has 0 aromatic heterocycles. The van der Waals surface area contributed by atoms with Gasteiger partial charge in [0.1, 0.15) is 5.75 Å². The number of ether oxygens (including phenoxy) is 3. The Morgan fingerprint density at radius 2 is 1.93 bits per heavy atom. The number of aliphatic hydroxyl groups excluding tert-OH is 1. The molecular formula is C30H38F3N3O5. The molecule has 2 amide bonds. The van der Waals surface area contributed by atoms with Crippen LogP contribution < -0.4 is 21.1 Å². The third-order valence-electron chi connectivity index (χ3n) is 6.26. The molecule has 41 heavy (non-hydrogen) atoms. The standard InChI is InChI=1S/C30H38F3N3O5/c1-29(2)40-20-23-17-22(10-11-27(23)41-29)26(37)19-35-12-6-3-4-7-13-39-14-8-5-9-21-15-24(30(31,32)33)18-25(16-21)36-28(34)38/h10-11,15-18,26,35,37H,3-4,6-8,12-14,19-20H2,1-2H3,(H3,34,36,38)/t26-/m0/s1. The molecule has 2 aromatic rings. The van der Waals surface area contributed by atoms with Crippen LogP contribution in [0, 0.1) is 11.8 Å². The van der Waals surface area contributed by atoms with Crippen LogP contribution in [0.1, 0.15) is 74.3 Å². The minimum absolute atomic E-state index is 0.0657. The van der Waals surface area contributed by atoms with Gasteiger partial charge in [-0.3, -0.25) is 0 Å². The lowest BCUT2D eigenvalue weighted by molar-refractivity contribution is -0.180. The summed E-state index contributed by atoms with van der Waals surface area (Å²) in [7, 11) is 0. The summed E-state index contributed by atoms with van der Waals surface area (Å²) in [5.74, 6) is 5.61. The van der Waals surface area contributed by atoms with Gasteiger partial charge in [0.15, 0.2) is 0 Å². The second-order valence-electron chi connectivity index (χ2n) is 10.2. The highest BCUT2D eigenvalue weighted by molar-refractivity contribution is 5.88. The average Bonchev–Trinajstić information content (AvgIpc) is 2.89. The van der Waals surface area contributed by atoms with Crippen LogP contribution in [0.25, 0.3) is 0 Å². The minimum Gasteiger partial charge on any atom is -0.463 e. The fourth-order valence-corrected chi connectivity index (χ4v) is 4.20. The van der Waals surface area contributed by atoms with Gasteiger partial charge in [-0.05, 0) is 55.3 Å². The summed E-state index contributed by atoms with van der Waals surface area (Å²) >= 11 is 0. The summed E-state index contributed by atoms with van der Waals surface area (Å²) < 4.78 is 56.3. The van der Waals surface area contributed by atoms with E-state index in [0.29, 0.717) is 32.8 Å².